The summed E-state index contributed by atoms with van der Waals surface area (Å²) in [5, 5.41) is 6.00. The topological polar surface area (TPSA) is 13.1 Å². The number of aromatic nitrogens is 2. The second kappa shape index (κ2) is 5.86. The summed E-state index contributed by atoms with van der Waals surface area (Å²) in [6.45, 7) is 4.34. The van der Waals surface area contributed by atoms with E-state index < -0.39 is 0 Å². The van der Waals surface area contributed by atoms with Crippen molar-refractivity contribution >= 4 is 22.2 Å². The maximum atomic E-state index is 2.52. The molecule has 1 aromatic carbocycles. The van der Waals surface area contributed by atoms with Crippen LogP contribution in [-0.4, -0.2) is 27.6 Å². The van der Waals surface area contributed by atoms with Crippen molar-refractivity contribution in [3.63, 3.8) is 0 Å². The Morgan fingerprint density at radius 2 is 1.96 bits per heavy atom. The Balaban J connectivity index is 1.82. The summed E-state index contributed by atoms with van der Waals surface area (Å²) in [5.74, 6) is 0. The predicted molar refractivity (Wildman–Crippen MR) is 110 cm³/mol. The summed E-state index contributed by atoms with van der Waals surface area (Å²) >= 11 is 1.79. The van der Waals surface area contributed by atoms with Crippen molar-refractivity contribution < 1.29 is 0 Å². The monoisotopic (exact) mass is 361 g/mol. The van der Waals surface area contributed by atoms with Crippen molar-refractivity contribution in [1.82, 2.24) is 14.0 Å². The summed E-state index contributed by atoms with van der Waals surface area (Å²) in [6.07, 6.45) is 3.22. The standard InChI is InChI=1S/C22H23N3S/c1-15-6-7-20-16(11-15)17-12-23(2)10-8-21(17)25(20)22-14-26-13-18(22)19-5-4-9-24(19)3/h4-7,9,11,13-14H,8,10,12H2,1-3H3. The maximum absolute atomic E-state index is 2.52. The lowest BCUT2D eigenvalue weighted by atomic mass is 10.0. The van der Waals surface area contributed by atoms with Crippen LogP contribution in [0.15, 0.2) is 47.3 Å². The molecule has 0 spiro atoms. The molecule has 0 fully saturated rings. The Morgan fingerprint density at radius 3 is 2.77 bits per heavy atom. The van der Waals surface area contributed by atoms with Crippen LogP contribution >= 0.6 is 11.3 Å². The summed E-state index contributed by atoms with van der Waals surface area (Å²) in [5.41, 5.74) is 9.57. The zero-order chi connectivity index (χ0) is 17.8. The highest BCUT2D eigenvalue weighted by molar-refractivity contribution is 7.08. The van der Waals surface area contributed by atoms with Gasteiger partial charge in [-0.2, -0.15) is 0 Å². The average molecular weight is 362 g/mol. The molecule has 3 aromatic heterocycles. The molecule has 0 N–H and O–H groups in total. The number of hydrogen-bond acceptors (Lipinski definition) is 2. The van der Waals surface area contributed by atoms with E-state index in [0.717, 1.165) is 19.5 Å². The molecule has 4 heterocycles. The lowest BCUT2D eigenvalue weighted by Crippen LogP contribution is -2.27. The first kappa shape index (κ1) is 15.9. The van der Waals surface area contributed by atoms with Crippen LogP contribution in [-0.2, 0) is 20.0 Å². The van der Waals surface area contributed by atoms with E-state index in [1.807, 2.05) is 0 Å². The van der Waals surface area contributed by atoms with E-state index in [1.165, 1.54) is 44.7 Å². The summed E-state index contributed by atoms with van der Waals surface area (Å²) in [4.78, 5) is 2.43. The number of aryl methyl sites for hydroxylation is 2. The largest absolute Gasteiger partial charge is 0.350 e. The summed E-state index contributed by atoms with van der Waals surface area (Å²) in [7, 11) is 4.35. The first-order chi connectivity index (χ1) is 12.6. The SMILES string of the molecule is Cc1ccc2c(c1)c1c(n2-c2cscc2-c2cccn2C)CCN(C)C1. The van der Waals surface area contributed by atoms with Crippen LogP contribution in [0, 0.1) is 6.92 Å². The van der Waals surface area contributed by atoms with Crippen LogP contribution < -0.4 is 0 Å². The fraction of sp³-hybridized carbons (Fsp3) is 0.273. The number of hydrogen-bond donors (Lipinski definition) is 0. The van der Waals surface area contributed by atoms with Crippen LogP contribution in [0.25, 0.3) is 27.8 Å². The smallest absolute Gasteiger partial charge is 0.0659 e. The van der Waals surface area contributed by atoms with Gasteiger partial charge in [0.1, 0.15) is 0 Å². The van der Waals surface area contributed by atoms with E-state index in [2.05, 4.69) is 82.3 Å². The molecule has 1 aliphatic heterocycles. The van der Waals surface area contributed by atoms with Gasteiger partial charge in [-0.3, -0.25) is 0 Å². The molecule has 0 bridgehead atoms. The highest BCUT2D eigenvalue weighted by Gasteiger charge is 2.25. The molecule has 132 valence electrons. The van der Waals surface area contributed by atoms with E-state index in [-0.39, 0.29) is 0 Å². The van der Waals surface area contributed by atoms with Gasteiger partial charge in [-0.05, 0) is 43.8 Å². The van der Waals surface area contributed by atoms with Gasteiger partial charge in [-0.15, -0.1) is 11.3 Å². The molecule has 1 aliphatic rings. The first-order valence-electron chi connectivity index (χ1n) is 9.13. The number of benzene rings is 1. The van der Waals surface area contributed by atoms with Crippen LogP contribution in [0.5, 0.6) is 0 Å². The summed E-state index contributed by atoms with van der Waals surface area (Å²) < 4.78 is 4.73. The van der Waals surface area contributed by atoms with Crippen LogP contribution in [0.3, 0.4) is 0 Å². The van der Waals surface area contributed by atoms with E-state index >= 15 is 0 Å². The van der Waals surface area contributed by atoms with Crippen molar-refractivity contribution in [3.8, 4) is 16.9 Å². The van der Waals surface area contributed by atoms with E-state index in [4.69, 9.17) is 0 Å². The van der Waals surface area contributed by atoms with Crippen molar-refractivity contribution in [2.24, 2.45) is 7.05 Å². The Morgan fingerprint density at radius 1 is 1.08 bits per heavy atom. The third-order valence-electron chi connectivity index (χ3n) is 5.60. The van der Waals surface area contributed by atoms with Gasteiger partial charge in [0.2, 0.25) is 0 Å². The molecule has 0 radical (unpaired) electrons. The molecule has 0 saturated heterocycles. The molecule has 4 heteroatoms. The number of likely N-dealkylation sites (N-methyl/N-ethyl adjacent to an activating group) is 1. The zero-order valence-electron chi connectivity index (χ0n) is 15.5. The predicted octanol–water partition coefficient (Wildman–Crippen LogP) is 4.99. The van der Waals surface area contributed by atoms with Crippen molar-refractivity contribution in [2.45, 2.75) is 19.9 Å². The Hall–Kier alpha value is -2.30. The van der Waals surface area contributed by atoms with Gasteiger partial charge in [0.15, 0.2) is 0 Å². The Kier molecular flexibility index (Phi) is 3.59. The minimum atomic E-state index is 1.03. The number of rotatable bonds is 2. The zero-order valence-corrected chi connectivity index (χ0v) is 16.3. The van der Waals surface area contributed by atoms with Crippen LogP contribution in [0.4, 0.5) is 0 Å². The molecule has 5 rings (SSSR count). The van der Waals surface area contributed by atoms with Gasteiger partial charge < -0.3 is 14.0 Å². The van der Waals surface area contributed by atoms with Gasteiger partial charge in [0, 0.05) is 60.2 Å². The van der Waals surface area contributed by atoms with Crippen molar-refractivity contribution in [1.29, 1.82) is 0 Å². The number of nitrogens with zero attached hydrogens (tertiary/aromatic N) is 3. The molecule has 0 amide bonds. The third kappa shape index (κ3) is 2.29. The molecule has 0 atom stereocenters. The van der Waals surface area contributed by atoms with Crippen molar-refractivity contribution in [3.05, 3.63) is 64.1 Å². The molecule has 26 heavy (non-hydrogen) atoms. The molecule has 4 aromatic rings. The highest BCUT2D eigenvalue weighted by Crippen LogP contribution is 2.38. The fourth-order valence-corrected chi connectivity index (χ4v) is 5.09. The highest BCUT2D eigenvalue weighted by atomic mass is 32.1. The second-order valence-electron chi connectivity index (χ2n) is 7.44. The Labute approximate surface area is 158 Å². The van der Waals surface area contributed by atoms with E-state index in [9.17, 15) is 0 Å². The van der Waals surface area contributed by atoms with Crippen LogP contribution in [0.1, 0.15) is 16.8 Å². The fourth-order valence-electron chi connectivity index (χ4n) is 4.28. The minimum Gasteiger partial charge on any atom is -0.350 e. The van der Waals surface area contributed by atoms with Crippen LogP contribution in [0.2, 0.25) is 0 Å². The van der Waals surface area contributed by atoms with Gasteiger partial charge in [0.25, 0.3) is 0 Å². The number of thiophene rings is 1. The summed E-state index contributed by atoms with van der Waals surface area (Å²) in [6, 6.07) is 11.2. The lowest BCUT2D eigenvalue weighted by Gasteiger charge is -2.24. The minimum absolute atomic E-state index is 1.03. The quantitative estimate of drug-likeness (QED) is 0.490. The first-order valence-corrected chi connectivity index (χ1v) is 10.1. The van der Waals surface area contributed by atoms with Gasteiger partial charge in [-0.25, -0.2) is 0 Å². The molecular weight excluding hydrogens is 338 g/mol. The molecule has 0 aliphatic carbocycles. The third-order valence-corrected chi connectivity index (χ3v) is 6.33. The lowest BCUT2D eigenvalue weighted by molar-refractivity contribution is 0.311. The van der Waals surface area contributed by atoms with Gasteiger partial charge in [-0.1, -0.05) is 11.6 Å². The molecular formula is C22H23N3S. The normalized spacial score (nSPS) is 14.9. The van der Waals surface area contributed by atoms with E-state index in [1.54, 1.807) is 11.3 Å². The molecule has 0 saturated carbocycles. The Bertz CT molecular complexity index is 1110. The molecule has 0 unspecified atom stereocenters. The van der Waals surface area contributed by atoms with Gasteiger partial charge >= 0.3 is 0 Å². The second-order valence-corrected chi connectivity index (χ2v) is 8.19. The average Bonchev–Trinajstić information content (AvgIpc) is 3.31. The number of fused-ring (bicyclic) bond motifs is 3. The maximum Gasteiger partial charge on any atom is 0.0659 e. The van der Waals surface area contributed by atoms with Gasteiger partial charge in [0.05, 0.1) is 16.9 Å². The molecule has 3 nitrogen and oxygen atoms in total. The van der Waals surface area contributed by atoms with Crippen molar-refractivity contribution in [2.75, 3.05) is 13.6 Å². The van der Waals surface area contributed by atoms with E-state index in [0.29, 0.717) is 0 Å².